The highest BCUT2D eigenvalue weighted by molar-refractivity contribution is 6.32. The molecule has 1 aliphatic rings. The van der Waals surface area contributed by atoms with Gasteiger partial charge in [-0.05, 0) is 44.1 Å². The lowest BCUT2D eigenvalue weighted by atomic mass is 9.99. The zero-order chi connectivity index (χ0) is 13.0. The van der Waals surface area contributed by atoms with Gasteiger partial charge >= 0.3 is 0 Å². The van der Waals surface area contributed by atoms with Crippen molar-refractivity contribution >= 4 is 23.2 Å². The first kappa shape index (κ1) is 13.2. The molecule has 0 aromatic heterocycles. The number of hydrogen-bond acceptors (Lipinski definition) is 3. The number of carbonyl (C=O) groups is 1. The van der Waals surface area contributed by atoms with Gasteiger partial charge in [-0.3, -0.25) is 4.79 Å². The Morgan fingerprint density at radius 1 is 1.56 bits per heavy atom. The average Bonchev–Trinajstić information content (AvgIpc) is 2.28. The van der Waals surface area contributed by atoms with Crippen molar-refractivity contribution in [1.29, 1.82) is 0 Å². The van der Waals surface area contributed by atoms with Crippen LogP contribution in [0.25, 0.3) is 0 Å². The van der Waals surface area contributed by atoms with Crippen molar-refractivity contribution in [2.45, 2.75) is 13.3 Å². The third kappa shape index (κ3) is 3.37. The van der Waals surface area contributed by atoms with Gasteiger partial charge in [0.2, 0.25) is 5.91 Å². The molecule has 1 aromatic rings. The Kier molecular flexibility index (Phi) is 4.44. The third-order valence-corrected chi connectivity index (χ3v) is 3.15. The lowest BCUT2D eigenvalue weighted by Gasteiger charge is -2.26. The van der Waals surface area contributed by atoms with Crippen molar-refractivity contribution in [2.75, 3.05) is 25.0 Å². The summed E-state index contributed by atoms with van der Waals surface area (Å²) < 4.78 is 5.33. The van der Waals surface area contributed by atoms with Crippen molar-refractivity contribution in [3.63, 3.8) is 0 Å². The molecule has 4 nitrogen and oxygen atoms in total. The lowest BCUT2D eigenvalue weighted by Crippen LogP contribution is -2.43. The minimum atomic E-state index is 0.0294. The van der Waals surface area contributed by atoms with Crippen LogP contribution in [0.15, 0.2) is 18.2 Å². The Labute approximate surface area is 112 Å². The van der Waals surface area contributed by atoms with Crippen LogP contribution in [0.2, 0.25) is 5.02 Å². The number of ether oxygens (including phenoxy) is 1. The van der Waals surface area contributed by atoms with Crippen molar-refractivity contribution in [1.82, 2.24) is 5.32 Å². The second kappa shape index (κ2) is 6.07. The van der Waals surface area contributed by atoms with E-state index in [4.69, 9.17) is 16.3 Å². The van der Waals surface area contributed by atoms with Crippen LogP contribution in [0.5, 0.6) is 5.75 Å². The maximum absolute atomic E-state index is 11.7. The maximum atomic E-state index is 11.7. The number of benzene rings is 1. The fourth-order valence-corrected chi connectivity index (χ4v) is 2.05. The average molecular weight is 269 g/mol. The summed E-state index contributed by atoms with van der Waals surface area (Å²) in [7, 11) is 0. The molecule has 1 aromatic carbocycles. The fraction of sp³-hybridized carbons (Fsp3) is 0.462. The van der Waals surface area contributed by atoms with E-state index in [0.29, 0.717) is 35.4 Å². The summed E-state index contributed by atoms with van der Waals surface area (Å²) in [5.41, 5.74) is 0.709. The number of hydrogen-bond donors (Lipinski definition) is 2. The second-order valence-electron chi connectivity index (χ2n) is 4.35. The van der Waals surface area contributed by atoms with Crippen LogP contribution in [-0.2, 0) is 4.79 Å². The number of carbonyl (C=O) groups excluding carboxylic acids is 1. The van der Waals surface area contributed by atoms with Crippen molar-refractivity contribution < 1.29 is 9.53 Å². The molecule has 0 spiro atoms. The molecule has 2 rings (SSSR count). The molecule has 18 heavy (non-hydrogen) atoms. The Hall–Kier alpha value is -1.26. The highest BCUT2D eigenvalue weighted by Crippen LogP contribution is 2.27. The molecule has 5 heteroatoms. The monoisotopic (exact) mass is 268 g/mol. The van der Waals surface area contributed by atoms with E-state index in [-0.39, 0.29) is 5.91 Å². The summed E-state index contributed by atoms with van der Waals surface area (Å²) in [5.74, 6) is 1.13. The summed E-state index contributed by atoms with van der Waals surface area (Å²) in [5, 5.41) is 6.50. The minimum Gasteiger partial charge on any atom is -0.492 e. The second-order valence-corrected chi connectivity index (χ2v) is 4.76. The molecule has 1 heterocycles. The zero-order valence-electron chi connectivity index (χ0n) is 10.3. The number of nitrogens with one attached hydrogen (secondary N) is 2. The van der Waals surface area contributed by atoms with Gasteiger partial charge in [0.05, 0.1) is 11.6 Å². The molecule has 0 atom stereocenters. The summed E-state index contributed by atoms with van der Waals surface area (Å²) in [6, 6.07) is 5.28. The number of anilines is 1. The molecule has 1 aliphatic heterocycles. The first-order chi connectivity index (χ1) is 8.69. The van der Waals surface area contributed by atoms with Crippen LogP contribution in [0, 0.1) is 5.92 Å². The quantitative estimate of drug-likeness (QED) is 0.861. The Bertz CT molecular complexity index is 433. The van der Waals surface area contributed by atoms with Crippen molar-refractivity contribution in [3.8, 4) is 5.75 Å². The zero-order valence-corrected chi connectivity index (χ0v) is 11.1. The van der Waals surface area contributed by atoms with E-state index in [2.05, 4.69) is 10.6 Å². The van der Waals surface area contributed by atoms with Crippen LogP contribution in [-0.4, -0.2) is 25.6 Å². The van der Waals surface area contributed by atoms with E-state index in [0.717, 1.165) is 13.1 Å². The molecule has 0 aliphatic carbocycles. The molecular weight excluding hydrogens is 252 g/mol. The van der Waals surface area contributed by atoms with Gasteiger partial charge in [0, 0.05) is 12.1 Å². The highest BCUT2D eigenvalue weighted by atomic mass is 35.5. The molecule has 2 N–H and O–H groups in total. The Balaban J connectivity index is 1.92. The molecule has 1 fully saturated rings. The van der Waals surface area contributed by atoms with Crippen LogP contribution in [0.1, 0.15) is 13.3 Å². The van der Waals surface area contributed by atoms with Crippen molar-refractivity contribution in [3.05, 3.63) is 23.2 Å². The van der Waals surface area contributed by atoms with E-state index in [1.807, 2.05) is 6.92 Å². The van der Waals surface area contributed by atoms with Gasteiger partial charge in [-0.15, -0.1) is 0 Å². The predicted octanol–water partition coefficient (Wildman–Crippen LogP) is 2.29. The van der Waals surface area contributed by atoms with Crippen molar-refractivity contribution in [2.24, 2.45) is 5.92 Å². The van der Waals surface area contributed by atoms with Crippen LogP contribution in [0.3, 0.4) is 0 Å². The highest BCUT2D eigenvalue weighted by Gasteiger charge is 2.20. The van der Waals surface area contributed by atoms with E-state index in [9.17, 15) is 4.79 Å². The summed E-state index contributed by atoms with van der Waals surface area (Å²) in [6.07, 6.45) is 0.553. The molecule has 1 saturated heterocycles. The minimum absolute atomic E-state index is 0.0294. The van der Waals surface area contributed by atoms with Gasteiger partial charge in [0.25, 0.3) is 0 Å². The fourth-order valence-electron chi connectivity index (χ4n) is 1.82. The van der Waals surface area contributed by atoms with Crippen LogP contribution < -0.4 is 15.4 Å². The Morgan fingerprint density at radius 3 is 2.89 bits per heavy atom. The van der Waals surface area contributed by atoms with E-state index in [1.54, 1.807) is 18.2 Å². The molecule has 1 amide bonds. The predicted molar refractivity (Wildman–Crippen MR) is 72.2 cm³/mol. The SMILES string of the molecule is CCOc1ccc(NC(=O)CC2CNC2)cc1Cl. The lowest BCUT2D eigenvalue weighted by molar-refractivity contribution is -0.117. The first-order valence-electron chi connectivity index (χ1n) is 6.12. The van der Waals surface area contributed by atoms with Gasteiger partial charge in [-0.1, -0.05) is 11.6 Å². The van der Waals surface area contributed by atoms with Gasteiger partial charge in [-0.2, -0.15) is 0 Å². The summed E-state index contributed by atoms with van der Waals surface area (Å²) >= 11 is 6.05. The number of rotatable bonds is 5. The van der Waals surface area contributed by atoms with E-state index >= 15 is 0 Å². The molecule has 98 valence electrons. The topological polar surface area (TPSA) is 50.4 Å². The Morgan fingerprint density at radius 2 is 2.33 bits per heavy atom. The molecule has 0 saturated carbocycles. The van der Waals surface area contributed by atoms with Gasteiger partial charge < -0.3 is 15.4 Å². The van der Waals surface area contributed by atoms with Gasteiger partial charge in [0.15, 0.2) is 0 Å². The standard InChI is InChI=1S/C13H17ClN2O2/c1-2-18-12-4-3-10(6-11(12)14)16-13(17)5-9-7-15-8-9/h3-4,6,9,15H,2,5,7-8H2,1H3,(H,16,17). The number of halogens is 1. The van der Waals surface area contributed by atoms with E-state index in [1.165, 1.54) is 0 Å². The largest absolute Gasteiger partial charge is 0.492 e. The molecule has 0 radical (unpaired) electrons. The van der Waals surface area contributed by atoms with Gasteiger partial charge in [-0.25, -0.2) is 0 Å². The molecule has 0 bridgehead atoms. The third-order valence-electron chi connectivity index (χ3n) is 2.86. The summed E-state index contributed by atoms with van der Waals surface area (Å²) in [6.45, 7) is 4.33. The maximum Gasteiger partial charge on any atom is 0.224 e. The molecule has 0 unspecified atom stereocenters. The first-order valence-corrected chi connectivity index (χ1v) is 6.49. The molecular formula is C13H17ClN2O2. The van der Waals surface area contributed by atoms with Gasteiger partial charge in [0.1, 0.15) is 5.75 Å². The van der Waals surface area contributed by atoms with Crippen LogP contribution in [0.4, 0.5) is 5.69 Å². The normalized spacial score (nSPS) is 15.0. The van der Waals surface area contributed by atoms with Crippen LogP contribution >= 0.6 is 11.6 Å². The van der Waals surface area contributed by atoms with E-state index < -0.39 is 0 Å². The number of amides is 1. The smallest absolute Gasteiger partial charge is 0.224 e. The summed E-state index contributed by atoms with van der Waals surface area (Å²) in [4.78, 5) is 11.7.